The molecule has 2 rings (SSSR count). The molecule has 0 saturated heterocycles. The Morgan fingerprint density at radius 1 is 1.24 bits per heavy atom. The molecule has 2 aromatic rings. The second-order valence-electron chi connectivity index (χ2n) is 4.75. The van der Waals surface area contributed by atoms with Crippen molar-refractivity contribution in [1.82, 2.24) is 0 Å². The molecular formula is C16H17BrN2O2. The third kappa shape index (κ3) is 4.31. The van der Waals surface area contributed by atoms with E-state index in [0.717, 1.165) is 21.2 Å². The van der Waals surface area contributed by atoms with Crippen LogP contribution in [0.1, 0.15) is 22.3 Å². The fourth-order valence-corrected chi connectivity index (χ4v) is 2.43. The summed E-state index contributed by atoms with van der Waals surface area (Å²) in [6, 6.07) is 13.7. The van der Waals surface area contributed by atoms with Gasteiger partial charge in [0.1, 0.15) is 0 Å². The molecule has 0 aliphatic rings. The minimum absolute atomic E-state index is 0.111. The van der Waals surface area contributed by atoms with E-state index in [4.69, 9.17) is 15.7 Å². The highest BCUT2D eigenvalue weighted by Crippen LogP contribution is 2.15. The number of hydrogen-bond donors (Lipinski definition) is 2. The van der Waals surface area contributed by atoms with Crippen LogP contribution in [0.4, 0.5) is 0 Å². The Kier molecular flexibility index (Phi) is 5.36. The summed E-state index contributed by atoms with van der Waals surface area (Å²) in [7, 11) is 0. The van der Waals surface area contributed by atoms with Crippen LogP contribution in [-0.2, 0) is 18.0 Å². The molecule has 3 N–H and O–H groups in total. The van der Waals surface area contributed by atoms with Gasteiger partial charge >= 0.3 is 0 Å². The van der Waals surface area contributed by atoms with Crippen LogP contribution in [0, 0.1) is 6.92 Å². The lowest BCUT2D eigenvalue weighted by Crippen LogP contribution is -2.13. The third-order valence-electron chi connectivity index (χ3n) is 3.16. The summed E-state index contributed by atoms with van der Waals surface area (Å²) in [4.78, 5) is 0. The number of ether oxygens (including phenoxy) is 1. The highest BCUT2D eigenvalue weighted by molar-refractivity contribution is 9.10. The van der Waals surface area contributed by atoms with E-state index in [9.17, 15) is 0 Å². The maximum absolute atomic E-state index is 8.67. The van der Waals surface area contributed by atoms with E-state index < -0.39 is 0 Å². The second-order valence-corrected chi connectivity index (χ2v) is 5.66. The summed E-state index contributed by atoms with van der Waals surface area (Å²) in [6.45, 7) is 3.06. The van der Waals surface area contributed by atoms with Crippen LogP contribution in [0.3, 0.4) is 0 Å². The van der Waals surface area contributed by atoms with E-state index in [-0.39, 0.29) is 5.84 Å². The van der Waals surface area contributed by atoms with Gasteiger partial charge in [0.15, 0.2) is 5.84 Å². The minimum Gasteiger partial charge on any atom is -0.409 e. The van der Waals surface area contributed by atoms with Crippen molar-refractivity contribution in [3.05, 3.63) is 69.2 Å². The van der Waals surface area contributed by atoms with Crippen LogP contribution in [0.2, 0.25) is 0 Å². The molecule has 0 spiro atoms. The Morgan fingerprint density at radius 2 is 2.05 bits per heavy atom. The van der Waals surface area contributed by atoms with Crippen molar-refractivity contribution in [3.63, 3.8) is 0 Å². The van der Waals surface area contributed by atoms with Gasteiger partial charge in [-0.25, -0.2) is 0 Å². The van der Waals surface area contributed by atoms with Crippen molar-refractivity contribution in [2.24, 2.45) is 10.9 Å². The Hall–Kier alpha value is -1.85. The van der Waals surface area contributed by atoms with E-state index in [1.165, 1.54) is 0 Å². The molecule has 0 saturated carbocycles. The molecule has 0 atom stereocenters. The van der Waals surface area contributed by atoms with Crippen LogP contribution in [-0.4, -0.2) is 11.0 Å². The molecule has 21 heavy (non-hydrogen) atoms. The highest BCUT2D eigenvalue weighted by Gasteiger charge is 2.04. The van der Waals surface area contributed by atoms with Crippen molar-refractivity contribution in [2.45, 2.75) is 20.1 Å². The number of nitrogens with two attached hydrogens (primary N) is 1. The van der Waals surface area contributed by atoms with Crippen LogP contribution in [0.15, 0.2) is 52.1 Å². The maximum Gasteiger partial charge on any atom is 0.170 e. The lowest BCUT2D eigenvalue weighted by Gasteiger charge is -2.09. The average molecular weight is 349 g/mol. The number of oxime groups is 1. The number of amidine groups is 1. The molecular weight excluding hydrogens is 332 g/mol. The summed E-state index contributed by atoms with van der Waals surface area (Å²) in [6.07, 6.45) is 0. The van der Waals surface area contributed by atoms with Gasteiger partial charge in [-0.2, -0.15) is 0 Å². The zero-order valence-electron chi connectivity index (χ0n) is 11.7. The fourth-order valence-electron chi connectivity index (χ4n) is 1.98. The van der Waals surface area contributed by atoms with Gasteiger partial charge in [0.2, 0.25) is 0 Å². The molecule has 2 aromatic carbocycles. The van der Waals surface area contributed by atoms with Gasteiger partial charge in [-0.3, -0.25) is 0 Å². The van der Waals surface area contributed by atoms with Gasteiger partial charge in [-0.05, 0) is 41.8 Å². The number of hydrogen-bond acceptors (Lipinski definition) is 3. The first-order valence-electron chi connectivity index (χ1n) is 6.50. The Balaban J connectivity index is 1.97. The van der Waals surface area contributed by atoms with Crippen molar-refractivity contribution >= 4 is 21.8 Å². The van der Waals surface area contributed by atoms with Gasteiger partial charge in [-0.15, -0.1) is 0 Å². The number of benzene rings is 2. The lowest BCUT2D eigenvalue weighted by atomic mass is 10.1. The molecule has 0 bridgehead atoms. The van der Waals surface area contributed by atoms with E-state index in [1.54, 1.807) is 0 Å². The number of aryl methyl sites for hydroxylation is 1. The SMILES string of the molecule is Cc1cc(/C(N)=N/O)ccc1COCc1cccc(Br)c1. The Bertz CT molecular complexity index is 656. The molecule has 0 radical (unpaired) electrons. The first-order valence-corrected chi connectivity index (χ1v) is 7.29. The monoisotopic (exact) mass is 348 g/mol. The van der Waals surface area contributed by atoms with Gasteiger partial charge in [-0.1, -0.05) is 45.4 Å². The van der Waals surface area contributed by atoms with Crippen LogP contribution in [0.25, 0.3) is 0 Å². The van der Waals surface area contributed by atoms with E-state index >= 15 is 0 Å². The van der Waals surface area contributed by atoms with Gasteiger partial charge in [0, 0.05) is 10.0 Å². The maximum atomic E-state index is 8.67. The summed E-state index contributed by atoms with van der Waals surface area (Å²) >= 11 is 3.44. The number of halogens is 1. The van der Waals surface area contributed by atoms with E-state index in [2.05, 4.69) is 21.1 Å². The van der Waals surface area contributed by atoms with Crippen LogP contribution in [0.5, 0.6) is 0 Å². The zero-order valence-corrected chi connectivity index (χ0v) is 13.3. The van der Waals surface area contributed by atoms with Crippen molar-refractivity contribution in [3.8, 4) is 0 Å². The highest BCUT2D eigenvalue weighted by atomic mass is 79.9. The molecule has 4 nitrogen and oxygen atoms in total. The largest absolute Gasteiger partial charge is 0.409 e. The molecule has 0 aromatic heterocycles. The Morgan fingerprint density at radius 3 is 2.71 bits per heavy atom. The van der Waals surface area contributed by atoms with Crippen molar-refractivity contribution in [1.29, 1.82) is 0 Å². The molecule has 0 fully saturated rings. The smallest absolute Gasteiger partial charge is 0.170 e. The fraction of sp³-hybridized carbons (Fsp3) is 0.188. The topological polar surface area (TPSA) is 67.8 Å². The van der Waals surface area contributed by atoms with Gasteiger partial charge in [0.05, 0.1) is 13.2 Å². The van der Waals surface area contributed by atoms with Crippen molar-refractivity contribution in [2.75, 3.05) is 0 Å². The summed E-state index contributed by atoms with van der Waals surface area (Å²) < 4.78 is 6.78. The average Bonchev–Trinajstić information content (AvgIpc) is 2.48. The summed E-state index contributed by atoms with van der Waals surface area (Å²) in [5.74, 6) is 0.111. The molecule has 0 heterocycles. The van der Waals surface area contributed by atoms with E-state index in [1.807, 2.05) is 49.4 Å². The standard InChI is InChI=1S/C16H17BrN2O2/c1-11-7-13(16(18)19-20)5-6-14(11)10-21-9-12-3-2-4-15(17)8-12/h2-8,20H,9-10H2,1H3,(H2,18,19). The molecule has 0 aliphatic heterocycles. The Labute approximate surface area is 132 Å². The van der Waals surface area contributed by atoms with Gasteiger partial charge in [0.25, 0.3) is 0 Å². The summed E-state index contributed by atoms with van der Waals surface area (Å²) in [5, 5.41) is 11.7. The molecule has 0 unspecified atom stereocenters. The number of rotatable bonds is 5. The number of nitrogens with zero attached hydrogens (tertiary/aromatic N) is 1. The lowest BCUT2D eigenvalue weighted by molar-refractivity contribution is 0.107. The zero-order chi connectivity index (χ0) is 15.2. The van der Waals surface area contributed by atoms with Crippen LogP contribution >= 0.6 is 15.9 Å². The van der Waals surface area contributed by atoms with Crippen LogP contribution < -0.4 is 5.73 Å². The normalized spacial score (nSPS) is 11.6. The second kappa shape index (κ2) is 7.24. The van der Waals surface area contributed by atoms with Gasteiger partial charge < -0.3 is 15.7 Å². The predicted molar refractivity (Wildman–Crippen MR) is 86.3 cm³/mol. The first kappa shape index (κ1) is 15.5. The third-order valence-corrected chi connectivity index (χ3v) is 3.65. The summed E-state index contributed by atoms with van der Waals surface area (Å²) in [5.41, 5.74) is 9.52. The van der Waals surface area contributed by atoms with Crippen molar-refractivity contribution < 1.29 is 9.94 Å². The minimum atomic E-state index is 0.111. The molecule has 5 heteroatoms. The molecule has 0 amide bonds. The quantitative estimate of drug-likeness (QED) is 0.375. The predicted octanol–water partition coefficient (Wildman–Crippen LogP) is 3.57. The first-order chi connectivity index (χ1) is 10.1. The molecule has 0 aliphatic carbocycles. The van der Waals surface area contributed by atoms with E-state index in [0.29, 0.717) is 18.8 Å². The molecule has 110 valence electrons.